The van der Waals surface area contributed by atoms with Crippen LogP contribution in [-0.4, -0.2) is 24.0 Å². The van der Waals surface area contributed by atoms with Crippen LogP contribution in [0.5, 0.6) is 0 Å². The van der Waals surface area contributed by atoms with E-state index in [9.17, 15) is 4.39 Å². The second-order valence-corrected chi connectivity index (χ2v) is 4.84. The molecule has 1 saturated heterocycles. The number of benzene rings is 1. The fraction of sp³-hybridized carbons (Fsp3) is 0.429. The van der Waals surface area contributed by atoms with Crippen molar-refractivity contribution in [1.82, 2.24) is 4.90 Å². The maximum absolute atomic E-state index is 12.9. The molecule has 1 fully saturated rings. The topological polar surface area (TPSA) is 3.24 Å². The summed E-state index contributed by atoms with van der Waals surface area (Å²) in [6, 6.07) is 8.17. The minimum Gasteiger partial charge on any atom is -0.296 e. The van der Waals surface area contributed by atoms with Gasteiger partial charge in [0.15, 0.2) is 0 Å². The van der Waals surface area contributed by atoms with Crippen LogP contribution in [0.25, 0.3) is 0 Å². The highest BCUT2D eigenvalue weighted by atomic mass is 19.1. The molecule has 0 spiro atoms. The van der Waals surface area contributed by atoms with E-state index in [1.165, 1.54) is 18.4 Å². The molecule has 2 heteroatoms. The lowest BCUT2D eigenvalue weighted by Gasteiger charge is -2.33. The molecule has 2 heterocycles. The van der Waals surface area contributed by atoms with Gasteiger partial charge < -0.3 is 0 Å². The van der Waals surface area contributed by atoms with Crippen molar-refractivity contribution in [1.29, 1.82) is 0 Å². The molecule has 3 atom stereocenters. The van der Waals surface area contributed by atoms with Gasteiger partial charge in [0, 0.05) is 18.0 Å². The van der Waals surface area contributed by atoms with E-state index in [0.29, 0.717) is 18.0 Å². The molecule has 1 aromatic carbocycles. The van der Waals surface area contributed by atoms with E-state index in [1.54, 1.807) is 12.1 Å². The van der Waals surface area contributed by atoms with Gasteiger partial charge >= 0.3 is 0 Å². The van der Waals surface area contributed by atoms with Crippen molar-refractivity contribution in [2.24, 2.45) is 0 Å². The number of nitrogens with zero attached hydrogens (tertiary/aromatic N) is 1. The maximum atomic E-state index is 12.9. The molecule has 16 heavy (non-hydrogen) atoms. The molecular formula is C14H16FN. The van der Waals surface area contributed by atoms with Crippen molar-refractivity contribution in [3.8, 4) is 0 Å². The lowest BCUT2D eigenvalue weighted by atomic mass is 9.89. The van der Waals surface area contributed by atoms with Crippen molar-refractivity contribution >= 4 is 0 Å². The molecule has 0 aromatic heterocycles. The molecule has 2 aliphatic rings. The normalized spacial score (nSPS) is 33.2. The third-order valence-corrected chi connectivity index (χ3v) is 4.01. The first-order valence-electron chi connectivity index (χ1n) is 5.91. The van der Waals surface area contributed by atoms with Gasteiger partial charge in [0.1, 0.15) is 5.82 Å². The third kappa shape index (κ3) is 1.49. The highest BCUT2D eigenvalue weighted by Gasteiger charge is 2.37. The Morgan fingerprint density at radius 3 is 2.62 bits per heavy atom. The number of hydrogen-bond acceptors (Lipinski definition) is 1. The summed E-state index contributed by atoms with van der Waals surface area (Å²) in [5.41, 5.74) is 1.23. The SMILES string of the molecule is CN1C2C=CC(c3ccc(F)cc3)C1CC2. The fourth-order valence-electron chi connectivity index (χ4n) is 3.05. The van der Waals surface area contributed by atoms with Crippen LogP contribution in [-0.2, 0) is 0 Å². The highest BCUT2D eigenvalue weighted by Crippen LogP contribution is 2.38. The van der Waals surface area contributed by atoms with Gasteiger partial charge in [-0.3, -0.25) is 4.90 Å². The number of halogens is 1. The molecule has 1 nitrogen and oxygen atoms in total. The molecule has 3 rings (SSSR count). The van der Waals surface area contributed by atoms with Gasteiger partial charge in [-0.25, -0.2) is 4.39 Å². The molecular weight excluding hydrogens is 201 g/mol. The van der Waals surface area contributed by atoms with Gasteiger partial charge in [-0.1, -0.05) is 24.3 Å². The first kappa shape index (κ1) is 10.0. The van der Waals surface area contributed by atoms with E-state index >= 15 is 0 Å². The van der Waals surface area contributed by atoms with E-state index in [1.807, 2.05) is 12.1 Å². The molecule has 84 valence electrons. The zero-order valence-corrected chi connectivity index (χ0v) is 9.44. The van der Waals surface area contributed by atoms with Gasteiger partial charge in [-0.2, -0.15) is 0 Å². The fourth-order valence-corrected chi connectivity index (χ4v) is 3.05. The summed E-state index contributed by atoms with van der Waals surface area (Å²) in [6.07, 6.45) is 7.11. The van der Waals surface area contributed by atoms with Crippen LogP contribution in [0, 0.1) is 5.82 Å². The Labute approximate surface area is 95.6 Å². The summed E-state index contributed by atoms with van der Waals surface area (Å²) in [7, 11) is 2.20. The molecule has 2 aliphatic heterocycles. The van der Waals surface area contributed by atoms with Crippen LogP contribution < -0.4 is 0 Å². The lowest BCUT2D eigenvalue weighted by Crippen LogP contribution is -2.37. The van der Waals surface area contributed by atoms with Gasteiger partial charge in [0.2, 0.25) is 0 Å². The number of hydrogen-bond donors (Lipinski definition) is 0. The smallest absolute Gasteiger partial charge is 0.123 e. The highest BCUT2D eigenvalue weighted by molar-refractivity contribution is 5.30. The summed E-state index contributed by atoms with van der Waals surface area (Å²) in [5, 5.41) is 0. The first-order valence-corrected chi connectivity index (χ1v) is 5.91. The zero-order chi connectivity index (χ0) is 11.1. The Morgan fingerprint density at radius 2 is 1.88 bits per heavy atom. The summed E-state index contributed by atoms with van der Waals surface area (Å²) in [4.78, 5) is 2.45. The molecule has 0 radical (unpaired) electrons. The van der Waals surface area contributed by atoms with E-state index in [-0.39, 0.29) is 5.82 Å². The Balaban J connectivity index is 1.93. The molecule has 2 bridgehead atoms. The summed E-state index contributed by atoms with van der Waals surface area (Å²) < 4.78 is 12.9. The van der Waals surface area contributed by atoms with E-state index in [2.05, 4.69) is 24.1 Å². The molecule has 0 amide bonds. The average Bonchev–Trinajstić information content (AvgIpc) is 2.52. The van der Waals surface area contributed by atoms with Crippen molar-refractivity contribution in [2.45, 2.75) is 30.8 Å². The number of rotatable bonds is 1. The Hall–Kier alpha value is -1.15. The second-order valence-electron chi connectivity index (χ2n) is 4.84. The molecule has 0 aliphatic carbocycles. The van der Waals surface area contributed by atoms with Crippen LogP contribution in [0.2, 0.25) is 0 Å². The predicted octanol–water partition coefficient (Wildman–Crippen LogP) is 2.94. The number of likely N-dealkylation sites (N-methyl/N-ethyl adjacent to an activating group) is 1. The van der Waals surface area contributed by atoms with Crippen LogP contribution in [0.15, 0.2) is 36.4 Å². The summed E-state index contributed by atoms with van der Waals surface area (Å²) in [5.74, 6) is 0.283. The third-order valence-electron chi connectivity index (χ3n) is 4.01. The standard InChI is InChI=1S/C14H16FN/c1-16-12-6-8-13(14(16)9-7-12)10-2-4-11(15)5-3-10/h2-6,8,12-14H,7,9H2,1H3. The van der Waals surface area contributed by atoms with Gasteiger partial charge in [-0.05, 0) is 37.6 Å². The summed E-state index contributed by atoms with van der Waals surface area (Å²) in [6.45, 7) is 0. The Bertz CT molecular complexity index is 409. The monoisotopic (exact) mass is 217 g/mol. The molecule has 1 aromatic rings. The van der Waals surface area contributed by atoms with Crippen LogP contribution in [0.4, 0.5) is 4.39 Å². The van der Waals surface area contributed by atoms with Gasteiger partial charge in [0.25, 0.3) is 0 Å². The van der Waals surface area contributed by atoms with Crippen molar-refractivity contribution in [2.75, 3.05) is 7.05 Å². The molecule has 0 N–H and O–H groups in total. The minimum absolute atomic E-state index is 0.152. The Kier molecular flexibility index (Phi) is 2.32. The van der Waals surface area contributed by atoms with Crippen LogP contribution >= 0.6 is 0 Å². The maximum Gasteiger partial charge on any atom is 0.123 e. The van der Waals surface area contributed by atoms with Gasteiger partial charge in [0.05, 0.1) is 0 Å². The summed E-state index contributed by atoms with van der Waals surface area (Å²) >= 11 is 0. The van der Waals surface area contributed by atoms with Crippen molar-refractivity contribution in [3.63, 3.8) is 0 Å². The Morgan fingerprint density at radius 1 is 1.12 bits per heavy atom. The number of fused-ring (bicyclic) bond motifs is 2. The quantitative estimate of drug-likeness (QED) is 0.654. The largest absolute Gasteiger partial charge is 0.296 e. The lowest BCUT2D eigenvalue weighted by molar-refractivity contribution is 0.241. The average molecular weight is 217 g/mol. The predicted molar refractivity (Wildman–Crippen MR) is 62.9 cm³/mol. The van der Waals surface area contributed by atoms with E-state index < -0.39 is 0 Å². The van der Waals surface area contributed by atoms with Crippen molar-refractivity contribution in [3.05, 3.63) is 47.8 Å². The zero-order valence-electron chi connectivity index (χ0n) is 9.44. The molecule has 3 unspecified atom stereocenters. The first-order chi connectivity index (χ1) is 7.75. The van der Waals surface area contributed by atoms with Gasteiger partial charge in [-0.15, -0.1) is 0 Å². The van der Waals surface area contributed by atoms with Crippen LogP contribution in [0.1, 0.15) is 24.3 Å². The molecule has 0 saturated carbocycles. The second kappa shape index (κ2) is 3.70. The van der Waals surface area contributed by atoms with E-state index in [4.69, 9.17) is 0 Å². The van der Waals surface area contributed by atoms with Crippen LogP contribution in [0.3, 0.4) is 0 Å². The van der Waals surface area contributed by atoms with E-state index in [0.717, 1.165) is 0 Å². The minimum atomic E-state index is -0.152. The van der Waals surface area contributed by atoms with Crippen molar-refractivity contribution < 1.29 is 4.39 Å².